The first kappa shape index (κ1) is 28.2. The second-order valence-electron chi connectivity index (χ2n) is 10.5. The minimum atomic E-state index is -1.13. The van der Waals surface area contributed by atoms with Gasteiger partial charge in [0, 0.05) is 48.7 Å². The fourth-order valence-electron chi connectivity index (χ4n) is 5.70. The third-order valence-electron chi connectivity index (χ3n) is 7.68. The normalized spacial score (nSPS) is 29.5. The summed E-state index contributed by atoms with van der Waals surface area (Å²) in [5, 5.41) is 23.2. The van der Waals surface area contributed by atoms with Crippen molar-refractivity contribution in [2.45, 2.75) is 62.9 Å². The summed E-state index contributed by atoms with van der Waals surface area (Å²) < 4.78 is 0. The molecule has 2 saturated heterocycles. The van der Waals surface area contributed by atoms with Crippen molar-refractivity contribution in [3.05, 3.63) is 10.6 Å². The number of nitrogens with one attached hydrogen (secondary N) is 4. The summed E-state index contributed by atoms with van der Waals surface area (Å²) in [6.45, 7) is 4.34. The third-order valence-corrected chi connectivity index (χ3v) is 9.13. The Bertz CT molecular complexity index is 1040. The minimum absolute atomic E-state index is 0.00487. The molecular formula is C24H38N8O5S. The second-order valence-corrected chi connectivity index (χ2v) is 11.9. The number of nitrogens with zero attached hydrogens (tertiary/aromatic N) is 3. The largest absolute Gasteiger partial charge is 0.477 e. The van der Waals surface area contributed by atoms with Crippen molar-refractivity contribution in [1.29, 1.82) is 0 Å². The maximum absolute atomic E-state index is 13.2. The van der Waals surface area contributed by atoms with E-state index in [1.165, 1.54) is 16.7 Å². The van der Waals surface area contributed by atoms with Gasteiger partial charge in [0.15, 0.2) is 0 Å². The predicted molar refractivity (Wildman–Crippen MR) is 142 cm³/mol. The molecule has 0 spiro atoms. The van der Waals surface area contributed by atoms with Crippen LogP contribution >= 0.6 is 11.8 Å². The zero-order chi connectivity index (χ0) is 27.7. The first-order chi connectivity index (χ1) is 18.1. The SMILES string of the molecule is CCC1C(SC2CN[C@H](C(=O)N(C)C)C2)=C(C(=O)O)N2C(=O)[C@H]([C@@H](C)NC(=O)CN/C(=N\NN)C3CC3)C12. The van der Waals surface area contributed by atoms with Crippen LogP contribution in [-0.4, -0.2) is 95.0 Å². The van der Waals surface area contributed by atoms with Gasteiger partial charge in [-0.05, 0) is 32.6 Å². The number of nitrogens with two attached hydrogens (primary N) is 1. The smallest absolute Gasteiger partial charge is 0.353 e. The lowest BCUT2D eigenvalue weighted by atomic mass is 9.76. The van der Waals surface area contributed by atoms with Gasteiger partial charge in [-0.1, -0.05) is 6.92 Å². The number of β-lactam (4-membered cyclic amide) rings is 1. The average molecular weight is 551 g/mol. The molecule has 1 aliphatic carbocycles. The molecule has 14 heteroatoms. The molecule has 0 aromatic rings. The van der Waals surface area contributed by atoms with E-state index in [1.54, 1.807) is 25.9 Å². The van der Waals surface area contributed by atoms with Crippen molar-refractivity contribution < 1.29 is 24.3 Å². The molecule has 13 nitrogen and oxygen atoms in total. The van der Waals surface area contributed by atoms with Crippen LogP contribution in [-0.2, 0) is 19.2 Å². The number of hydrazone groups is 1. The number of carbonyl (C=O) groups is 4. The van der Waals surface area contributed by atoms with Gasteiger partial charge in [-0.3, -0.25) is 14.4 Å². The van der Waals surface area contributed by atoms with Crippen LogP contribution < -0.4 is 27.3 Å². The number of hydrazine groups is 1. The van der Waals surface area contributed by atoms with Gasteiger partial charge in [-0.15, -0.1) is 11.8 Å². The monoisotopic (exact) mass is 550 g/mol. The molecule has 0 aromatic carbocycles. The first-order valence-corrected chi connectivity index (χ1v) is 13.9. The zero-order valence-corrected chi connectivity index (χ0v) is 23.0. The molecule has 3 amide bonds. The van der Waals surface area contributed by atoms with Crippen molar-refractivity contribution in [1.82, 2.24) is 31.3 Å². The van der Waals surface area contributed by atoms with Crippen molar-refractivity contribution >= 4 is 41.3 Å². The highest BCUT2D eigenvalue weighted by Gasteiger charge is 2.61. The summed E-state index contributed by atoms with van der Waals surface area (Å²) in [6.07, 6.45) is 3.21. The van der Waals surface area contributed by atoms with E-state index < -0.39 is 17.9 Å². The fourth-order valence-corrected chi connectivity index (χ4v) is 7.30. The summed E-state index contributed by atoms with van der Waals surface area (Å²) in [4.78, 5) is 54.2. The Labute approximate surface area is 226 Å². The molecule has 3 aliphatic heterocycles. The van der Waals surface area contributed by atoms with Crippen molar-refractivity contribution in [3.8, 4) is 0 Å². The number of amides is 3. The van der Waals surface area contributed by atoms with Crippen LogP contribution in [0.25, 0.3) is 0 Å². The van der Waals surface area contributed by atoms with E-state index in [1.807, 2.05) is 6.92 Å². The first-order valence-electron chi connectivity index (χ1n) is 13.1. The highest BCUT2D eigenvalue weighted by atomic mass is 32.2. The molecular weight excluding hydrogens is 512 g/mol. The number of carbonyl (C=O) groups excluding carboxylic acids is 3. The van der Waals surface area contributed by atoms with E-state index in [0.717, 1.165) is 12.8 Å². The van der Waals surface area contributed by atoms with E-state index >= 15 is 0 Å². The number of carboxylic acid groups (broad SMARTS) is 1. The maximum atomic E-state index is 13.2. The second kappa shape index (κ2) is 11.5. The maximum Gasteiger partial charge on any atom is 0.353 e. The summed E-state index contributed by atoms with van der Waals surface area (Å²) in [5.41, 5.74) is 2.29. The Balaban J connectivity index is 1.42. The molecule has 3 unspecified atom stereocenters. The van der Waals surface area contributed by atoms with Crippen molar-refractivity contribution in [2.75, 3.05) is 27.2 Å². The van der Waals surface area contributed by atoms with Crippen LogP contribution in [0.15, 0.2) is 15.7 Å². The van der Waals surface area contributed by atoms with Gasteiger partial charge in [0.05, 0.1) is 24.5 Å². The standard InChI is InChI=1S/C24H38N8O5S/c1-5-14-18-17(11(2)28-16(33)10-27-21(29-30-25)12-6-7-12)23(35)32(18)19(24(36)37)20(14)38-13-8-15(26-9-13)22(34)31(3)4/h11-15,17-18,26,30H,5-10,25H2,1-4H3,(H,27,29)(H,28,33)(H,36,37)/t11-,13?,14?,15+,17-,18?/m1/s1. The van der Waals surface area contributed by atoms with Crippen LogP contribution in [0.5, 0.6) is 0 Å². The molecule has 0 bridgehead atoms. The van der Waals surface area contributed by atoms with Crippen molar-refractivity contribution in [2.24, 2.45) is 28.7 Å². The summed E-state index contributed by atoms with van der Waals surface area (Å²) in [7, 11) is 3.42. The molecule has 0 radical (unpaired) electrons. The van der Waals surface area contributed by atoms with Gasteiger partial charge in [0.25, 0.3) is 0 Å². The highest BCUT2D eigenvalue weighted by Crippen LogP contribution is 2.53. The average Bonchev–Trinajstić information content (AvgIpc) is 3.53. The molecule has 38 heavy (non-hydrogen) atoms. The Hall–Kier alpha value is -2.84. The molecule has 4 rings (SSSR count). The van der Waals surface area contributed by atoms with Gasteiger partial charge in [0.2, 0.25) is 17.7 Å². The Morgan fingerprint density at radius 1 is 1.32 bits per heavy atom. The van der Waals surface area contributed by atoms with Gasteiger partial charge >= 0.3 is 5.97 Å². The third kappa shape index (κ3) is 5.47. The molecule has 3 heterocycles. The van der Waals surface area contributed by atoms with Gasteiger partial charge < -0.3 is 30.9 Å². The Morgan fingerprint density at radius 3 is 2.61 bits per heavy atom. The zero-order valence-electron chi connectivity index (χ0n) is 22.2. The summed E-state index contributed by atoms with van der Waals surface area (Å²) >= 11 is 1.46. The number of likely N-dealkylation sites (N-methyl/N-ethyl adjacent to an activating group) is 1. The fraction of sp³-hybridized carbons (Fsp3) is 0.708. The van der Waals surface area contributed by atoms with Crippen LogP contribution in [0.4, 0.5) is 0 Å². The Kier molecular flexibility index (Phi) is 8.52. The number of amidine groups is 1. The van der Waals surface area contributed by atoms with Crippen molar-refractivity contribution in [3.63, 3.8) is 0 Å². The Morgan fingerprint density at radius 2 is 2.03 bits per heavy atom. The van der Waals surface area contributed by atoms with E-state index in [-0.39, 0.29) is 59.1 Å². The summed E-state index contributed by atoms with van der Waals surface area (Å²) in [5.74, 6) is 3.79. The summed E-state index contributed by atoms with van der Waals surface area (Å²) in [6, 6.07) is -1.11. The number of carboxylic acids is 1. The number of fused-ring (bicyclic) bond motifs is 1. The van der Waals surface area contributed by atoms with Gasteiger partial charge in [-0.25, -0.2) is 16.2 Å². The number of rotatable bonds is 11. The number of aliphatic carboxylic acids is 1. The van der Waals surface area contributed by atoms with E-state index in [2.05, 4.69) is 26.6 Å². The quantitative estimate of drug-likeness (QED) is 0.0613. The van der Waals surface area contributed by atoms with Crippen LogP contribution in [0.1, 0.15) is 39.5 Å². The topological polar surface area (TPSA) is 181 Å². The molecule has 210 valence electrons. The molecule has 3 fully saturated rings. The van der Waals surface area contributed by atoms with Gasteiger partial charge in [0.1, 0.15) is 11.5 Å². The molecule has 7 N–H and O–H groups in total. The predicted octanol–water partition coefficient (Wildman–Crippen LogP) is -1.02. The van der Waals surface area contributed by atoms with Crippen LogP contribution in [0.2, 0.25) is 0 Å². The van der Waals surface area contributed by atoms with Gasteiger partial charge in [-0.2, -0.15) is 5.10 Å². The number of hydrogen-bond donors (Lipinski definition) is 6. The lowest BCUT2D eigenvalue weighted by molar-refractivity contribution is -0.158. The highest BCUT2D eigenvalue weighted by molar-refractivity contribution is 8.03. The lowest BCUT2D eigenvalue weighted by Gasteiger charge is -2.48. The minimum Gasteiger partial charge on any atom is -0.477 e. The van der Waals surface area contributed by atoms with E-state index in [9.17, 15) is 24.3 Å². The molecule has 6 atom stereocenters. The van der Waals surface area contributed by atoms with E-state index in [4.69, 9.17) is 5.84 Å². The van der Waals surface area contributed by atoms with E-state index in [0.29, 0.717) is 30.1 Å². The lowest BCUT2D eigenvalue weighted by Crippen LogP contribution is -2.66. The molecule has 4 aliphatic rings. The van der Waals surface area contributed by atoms with Crippen LogP contribution in [0.3, 0.4) is 0 Å². The molecule has 0 aromatic heterocycles. The number of thioether (sulfide) groups is 1. The van der Waals surface area contributed by atoms with Crippen LogP contribution in [0, 0.1) is 17.8 Å². The number of hydrogen-bond acceptors (Lipinski definition) is 9. The molecule has 1 saturated carbocycles.